The monoisotopic (exact) mass is 201 g/mol. The molecule has 0 spiro atoms. The zero-order valence-electron chi connectivity index (χ0n) is 9.06. The first-order valence-corrected chi connectivity index (χ1v) is 5.06. The predicted octanol–water partition coefficient (Wildman–Crippen LogP) is 0.251. The van der Waals surface area contributed by atoms with Crippen molar-refractivity contribution >= 4 is 5.97 Å². The number of hydrogen-bond donors (Lipinski definition) is 1. The lowest BCUT2D eigenvalue weighted by molar-refractivity contribution is -0.146. The molecule has 0 saturated carbocycles. The van der Waals surface area contributed by atoms with Crippen molar-refractivity contribution in [3.63, 3.8) is 0 Å². The Morgan fingerprint density at radius 3 is 2.64 bits per heavy atom. The average Bonchev–Trinajstić information content (AvgIpc) is 2.61. The minimum Gasteiger partial charge on any atom is -0.469 e. The van der Waals surface area contributed by atoms with Gasteiger partial charge >= 0.3 is 5.97 Å². The molecule has 0 bridgehead atoms. The largest absolute Gasteiger partial charge is 0.469 e. The van der Waals surface area contributed by atoms with Crippen LogP contribution >= 0.6 is 0 Å². The molecule has 1 N–H and O–H groups in total. The third kappa shape index (κ3) is 2.45. The molecule has 0 aromatic heterocycles. The summed E-state index contributed by atoms with van der Waals surface area (Å²) in [6.07, 6.45) is 0.570. The van der Waals surface area contributed by atoms with E-state index in [4.69, 9.17) is 4.74 Å². The van der Waals surface area contributed by atoms with Crippen LogP contribution in [0.4, 0.5) is 0 Å². The number of hydrogen-bond acceptors (Lipinski definition) is 4. The molecule has 0 aliphatic carbocycles. The lowest BCUT2D eigenvalue weighted by atomic mass is 10.0. The van der Waals surface area contributed by atoms with Crippen LogP contribution in [0.25, 0.3) is 0 Å². The SMILES string of the molecule is COC(=O)C(C)C(C)N1CC[C@@H](O)C1. The Bertz CT molecular complexity index is 208. The normalized spacial score (nSPS) is 27.3. The van der Waals surface area contributed by atoms with Crippen molar-refractivity contribution in [3.05, 3.63) is 0 Å². The molecule has 1 heterocycles. The van der Waals surface area contributed by atoms with Gasteiger partial charge in [0.2, 0.25) is 0 Å². The number of esters is 1. The van der Waals surface area contributed by atoms with Crippen LogP contribution in [0.3, 0.4) is 0 Å². The van der Waals surface area contributed by atoms with E-state index in [9.17, 15) is 9.90 Å². The van der Waals surface area contributed by atoms with E-state index in [2.05, 4.69) is 4.90 Å². The highest BCUT2D eigenvalue weighted by Gasteiger charge is 2.30. The highest BCUT2D eigenvalue weighted by atomic mass is 16.5. The van der Waals surface area contributed by atoms with Gasteiger partial charge in [-0.05, 0) is 13.3 Å². The molecular formula is C10H19NO3. The summed E-state index contributed by atoms with van der Waals surface area (Å²) in [6, 6.07) is 0.139. The molecule has 0 aromatic rings. The molecule has 4 nitrogen and oxygen atoms in total. The average molecular weight is 201 g/mol. The van der Waals surface area contributed by atoms with Crippen LogP contribution in [0.15, 0.2) is 0 Å². The van der Waals surface area contributed by atoms with Crippen LogP contribution < -0.4 is 0 Å². The number of rotatable bonds is 3. The summed E-state index contributed by atoms with van der Waals surface area (Å²) in [5.74, 6) is -0.316. The molecule has 0 radical (unpaired) electrons. The predicted molar refractivity (Wildman–Crippen MR) is 52.8 cm³/mol. The number of aliphatic hydroxyl groups is 1. The summed E-state index contributed by atoms with van der Waals surface area (Å²) in [5, 5.41) is 9.37. The highest BCUT2D eigenvalue weighted by molar-refractivity contribution is 5.72. The standard InChI is InChI=1S/C10H19NO3/c1-7(10(13)14-3)8(2)11-5-4-9(12)6-11/h7-9,12H,4-6H2,1-3H3/t7?,8?,9-/m1/s1. The minimum atomic E-state index is -0.234. The smallest absolute Gasteiger partial charge is 0.309 e. The van der Waals surface area contributed by atoms with Gasteiger partial charge in [-0.25, -0.2) is 0 Å². The van der Waals surface area contributed by atoms with Crippen LogP contribution in [0, 0.1) is 5.92 Å². The van der Waals surface area contributed by atoms with Crippen molar-refractivity contribution in [2.75, 3.05) is 20.2 Å². The van der Waals surface area contributed by atoms with E-state index < -0.39 is 0 Å². The van der Waals surface area contributed by atoms with Gasteiger partial charge in [0.05, 0.1) is 19.1 Å². The second kappa shape index (κ2) is 4.75. The number of likely N-dealkylation sites (tertiary alicyclic amines) is 1. The van der Waals surface area contributed by atoms with Gasteiger partial charge in [0, 0.05) is 19.1 Å². The van der Waals surface area contributed by atoms with Crippen LogP contribution in [0.1, 0.15) is 20.3 Å². The molecule has 1 aliphatic heterocycles. The molecule has 2 unspecified atom stereocenters. The maximum Gasteiger partial charge on any atom is 0.309 e. The number of carbonyl (C=O) groups is 1. The number of aliphatic hydroxyl groups excluding tert-OH is 1. The molecule has 1 aliphatic rings. The van der Waals surface area contributed by atoms with Gasteiger partial charge < -0.3 is 9.84 Å². The van der Waals surface area contributed by atoms with E-state index in [1.54, 1.807) is 0 Å². The summed E-state index contributed by atoms with van der Waals surface area (Å²) in [6.45, 7) is 5.40. The van der Waals surface area contributed by atoms with Crippen LogP contribution in [0.5, 0.6) is 0 Å². The molecule has 4 heteroatoms. The molecule has 0 amide bonds. The van der Waals surface area contributed by atoms with Gasteiger partial charge in [0.15, 0.2) is 0 Å². The van der Waals surface area contributed by atoms with Gasteiger partial charge in [-0.15, -0.1) is 0 Å². The Labute approximate surface area is 84.8 Å². The Hall–Kier alpha value is -0.610. The van der Waals surface area contributed by atoms with Gasteiger partial charge in [0.1, 0.15) is 0 Å². The summed E-state index contributed by atoms with van der Waals surface area (Å²) in [5.41, 5.74) is 0. The fraction of sp³-hybridized carbons (Fsp3) is 0.900. The Balaban J connectivity index is 2.48. The van der Waals surface area contributed by atoms with Gasteiger partial charge in [0.25, 0.3) is 0 Å². The lowest BCUT2D eigenvalue weighted by Crippen LogP contribution is -2.39. The fourth-order valence-electron chi connectivity index (χ4n) is 1.84. The van der Waals surface area contributed by atoms with E-state index in [-0.39, 0.29) is 24.0 Å². The van der Waals surface area contributed by atoms with Crippen molar-refractivity contribution in [1.29, 1.82) is 0 Å². The number of nitrogens with zero attached hydrogens (tertiary/aromatic N) is 1. The number of carbonyl (C=O) groups excluding carboxylic acids is 1. The van der Waals surface area contributed by atoms with Crippen LogP contribution in [-0.4, -0.2) is 48.3 Å². The number of methoxy groups -OCH3 is 1. The van der Waals surface area contributed by atoms with Crippen molar-refractivity contribution in [2.45, 2.75) is 32.4 Å². The van der Waals surface area contributed by atoms with Gasteiger partial charge in [-0.3, -0.25) is 9.69 Å². The topological polar surface area (TPSA) is 49.8 Å². The zero-order chi connectivity index (χ0) is 10.7. The quantitative estimate of drug-likeness (QED) is 0.665. The summed E-state index contributed by atoms with van der Waals surface area (Å²) in [7, 11) is 1.41. The van der Waals surface area contributed by atoms with Crippen LogP contribution in [-0.2, 0) is 9.53 Å². The Kier molecular flexibility index (Phi) is 3.89. The third-order valence-corrected chi connectivity index (χ3v) is 3.07. The lowest BCUT2D eigenvalue weighted by Gasteiger charge is -2.27. The van der Waals surface area contributed by atoms with Gasteiger partial charge in [-0.2, -0.15) is 0 Å². The van der Waals surface area contributed by atoms with Gasteiger partial charge in [-0.1, -0.05) is 6.92 Å². The molecule has 82 valence electrons. The fourth-order valence-corrected chi connectivity index (χ4v) is 1.84. The van der Waals surface area contributed by atoms with Crippen molar-refractivity contribution in [2.24, 2.45) is 5.92 Å². The molecule has 14 heavy (non-hydrogen) atoms. The first-order chi connectivity index (χ1) is 6.56. The first kappa shape index (κ1) is 11.5. The minimum absolute atomic E-state index is 0.134. The molecule has 1 saturated heterocycles. The number of β-amino-alcohol motifs (C(OH)–C–C–N with tert-alkyl or cyclic N) is 1. The second-order valence-electron chi connectivity index (χ2n) is 3.99. The van der Waals surface area contributed by atoms with Crippen LogP contribution in [0.2, 0.25) is 0 Å². The van der Waals surface area contributed by atoms with Crippen molar-refractivity contribution in [3.8, 4) is 0 Å². The summed E-state index contributed by atoms with van der Waals surface area (Å²) >= 11 is 0. The summed E-state index contributed by atoms with van der Waals surface area (Å²) < 4.78 is 4.69. The molecular weight excluding hydrogens is 182 g/mol. The summed E-state index contributed by atoms with van der Waals surface area (Å²) in [4.78, 5) is 13.4. The number of ether oxygens (including phenoxy) is 1. The Morgan fingerprint density at radius 2 is 2.21 bits per heavy atom. The van der Waals surface area contributed by atoms with E-state index in [0.29, 0.717) is 6.54 Å². The van der Waals surface area contributed by atoms with Crippen molar-refractivity contribution < 1.29 is 14.6 Å². The molecule has 1 fully saturated rings. The van der Waals surface area contributed by atoms with E-state index in [0.717, 1.165) is 13.0 Å². The highest BCUT2D eigenvalue weighted by Crippen LogP contribution is 2.18. The molecule has 3 atom stereocenters. The second-order valence-corrected chi connectivity index (χ2v) is 3.99. The van der Waals surface area contributed by atoms with E-state index in [1.807, 2.05) is 13.8 Å². The van der Waals surface area contributed by atoms with E-state index >= 15 is 0 Å². The van der Waals surface area contributed by atoms with E-state index in [1.165, 1.54) is 7.11 Å². The first-order valence-electron chi connectivity index (χ1n) is 5.06. The maximum absolute atomic E-state index is 11.3. The zero-order valence-corrected chi connectivity index (χ0v) is 9.06. The molecule has 0 aromatic carbocycles. The van der Waals surface area contributed by atoms with Crippen molar-refractivity contribution in [1.82, 2.24) is 4.90 Å². The molecule has 1 rings (SSSR count). The third-order valence-electron chi connectivity index (χ3n) is 3.07. The maximum atomic E-state index is 11.3. The Morgan fingerprint density at radius 1 is 1.57 bits per heavy atom.